The van der Waals surface area contributed by atoms with E-state index in [2.05, 4.69) is 0 Å². The van der Waals surface area contributed by atoms with Gasteiger partial charge in [-0.2, -0.15) is 0 Å². The first-order valence-electron chi connectivity index (χ1n) is 5.06. The molecule has 1 saturated carbocycles. The number of hydrogen-bond donors (Lipinski definition) is 1. The molecule has 0 spiro atoms. The van der Waals surface area contributed by atoms with Crippen LogP contribution < -0.4 is 5.73 Å². The van der Waals surface area contributed by atoms with Crippen LogP contribution in [0.3, 0.4) is 0 Å². The number of benzene rings is 1. The highest BCUT2D eigenvalue weighted by molar-refractivity contribution is 7.91. The Morgan fingerprint density at radius 2 is 2.12 bits per heavy atom. The summed E-state index contributed by atoms with van der Waals surface area (Å²) in [4.78, 5) is 0.255. The molecule has 17 heavy (non-hydrogen) atoms. The average Bonchev–Trinajstić information content (AvgIpc) is 2.91. The molecule has 1 aromatic rings. The van der Waals surface area contributed by atoms with Gasteiger partial charge in [0.05, 0.1) is 10.2 Å². The molecule has 3 atom stereocenters. The van der Waals surface area contributed by atoms with Crippen molar-refractivity contribution in [3.05, 3.63) is 34.9 Å². The zero-order chi connectivity index (χ0) is 12.8. The van der Waals surface area contributed by atoms with Crippen LogP contribution in [0.5, 0.6) is 0 Å². The number of thiocarbonyl (C=S) groups is 1. The van der Waals surface area contributed by atoms with Gasteiger partial charge in [0.2, 0.25) is 0 Å². The van der Waals surface area contributed by atoms with Crippen molar-refractivity contribution in [1.82, 2.24) is 0 Å². The molecular formula is C11H12ClNO2S2. The van der Waals surface area contributed by atoms with Crippen molar-refractivity contribution in [3.8, 4) is 0 Å². The van der Waals surface area contributed by atoms with E-state index < -0.39 is 15.1 Å². The van der Waals surface area contributed by atoms with Crippen LogP contribution in [-0.4, -0.2) is 24.9 Å². The van der Waals surface area contributed by atoms with E-state index in [0.717, 1.165) is 5.56 Å². The van der Waals surface area contributed by atoms with Crippen LogP contribution in [-0.2, 0) is 9.84 Å². The first kappa shape index (κ1) is 12.8. The van der Waals surface area contributed by atoms with Crippen molar-refractivity contribution < 1.29 is 8.42 Å². The minimum Gasteiger partial charge on any atom is -0.393 e. The fourth-order valence-corrected chi connectivity index (χ4v) is 4.46. The molecule has 0 saturated heterocycles. The summed E-state index contributed by atoms with van der Waals surface area (Å²) < 4.78 is 23.3. The molecule has 1 fully saturated rings. The van der Waals surface area contributed by atoms with Gasteiger partial charge in [-0.15, -0.1) is 0 Å². The molecule has 0 heterocycles. The Balaban J connectivity index is 2.37. The first-order valence-corrected chi connectivity index (χ1v) is 7.80. The lowest BCUT2D eigenvalue weighted by Crippen LogP contribution is -2.16. The first-order chi connectivity index (χ1) is 7.82. The lowest BCUT2D eigenvalue weighted by Gasteiger charge is -2.00. The Kier molecular flexibility index (Phi) is 3.18. The van der Waals surface area contributed by atoms with Gasteiger partial charge in [0.25, 0.3) is 0 Å². The predicted molar refractivity (Wildman–Crippen MR) is 73.1 cm³/mol. The fourth-order valence-electron chi connectivity index (χ4n) is 2.27. The van der Waals surface area contributed by atoms with E-state index in [1.165, 1.54) is 6.26 Å². The van der Waals surface area contributed by atoms with E-state index in [-0.39, 0.29) is 16.8 Å². The summed E-state index contributed by atoms with van der Waals surface area (Å²) in [5.74, 6) is -0.417. The number of rotatable bonds is 3. The van der Waals surface area contributed by atoms with Crippen LogP contribution in [0.4, 0.5) is 0 Å². The minimum absolute atomic E-state index is 0.152. The van der Waals surface area contributed by atoms with Crippen molar-refractivity contribution in [2.24, 2.45) is 11.7 Å². The normalized spacial score (nSPS) is 27.8. The molecule has 0 aromatic heterocycles. The molecule has 0 amide bonds. The van der Waals surface area contributed by atoms with Gasteiger partial charge in [0.15, 0.2) is 9.84 Å². The van der Waals surface area contributed by atoms with E-state index in [0.29, 0.717) is 5.02 Å². The molecule has 2 rings (SSSR count). The van der Waals surface area contributed by atoms with Gasteiger partial charge in [-0.25, -0.2) is 8.42 Å². The third kappa shape index (κ3) is 2.46. The highest BCUT2D eigenvalue weighted by Crippen LogP contribution is 2.52. The van der Waals surface area contributed by atoms with Gasteiger partial charge in [-0.1, -0.05) is 36.0 Å². The summed E-state index contributed by atoms with van der Waals surface area (Å²) in [7, 11) is -3.14. The molecule has 0 bridgehead atoms. The molecular weight excluding hydrogens is 278 g/mol. The van der Waals surface area contributed by atoms with Gasteiger partial charge in [-0.05, 0) is 17.7 Å². The zero-order valence-electron chi connectivity index (χ0n) is 9.13. The maximum Gasteiger partial charge on any atom is 0.151 e. The Hall–Kier alpha value is -0.650. The highest BCUT2D eigenvalue weighted by Gasteiger charge is 2.58. The molecule has 0 radical (unpaired) electrons. The van der Waals surface area contributed by atoms with Crippen LogP contribution in [0.2, 0.25) is 5.02 Å². The third-order valence-corrected chi connectivity index (χ3v) is 5.09. The second kappa shape index (κ2) is 4.23. The highest BCUT2D eigenvalue weighted by atomic mass is 35.5. The van der Waals surface area contributed by atoms with E-state index in [4.69, 9.17) is 29.6 Å². The van der Waals surface area contributed by atoms with Gasteiger partial charge < -0.3 is 5.73 Å². The topological polar surface area (TPSA) is 60.2 Å². The monoisotopic (exact) mass is 289 g/mol. The second-order valence-corrected chi connectivity index (χ2v) is 7.41. The van der Waals surface area contributed by atoms with Gasteiger partial charge >= 0.3 is 0 Å². The van der Waals surface area contributed by atoms with Crippen molar-refractivity contribution in [2.45, 2.75) is 11.2 Å². The Morgan fingerprint density at radius 3 is 2.53 bits per heavy atom. The molecule has 2 N–H and O–H groups in total. The SMILES string of the molecule is CS(=O)(=O)[C@@H]1[C@@H](C(N)=S)[C@H]1c1cccc(Cl)c1. The quantitative estimate of drug-likeness (QED) is 0.861. The van der Waals surface area contributed by atoms with E-state index in [1.807, 2.05) is 6.07 Å². The van der Waals surface area contributed by atoms with Crippen molar-refractivity contribution >= 4 is 38.6 Å². The van der Waals surface area contributed by atoms with E-state index >= 15 is 0 Å². The van der Waals surface area contributed by atoms with Gasteiger partial charge in [0, 0.05) is 23.1 Å². The largest absolute Gasteiger partial charge is 0.393 e. The summed E-state index contributed by atoms with van der Waals surface area (Å²) >= 11 is 10.8. The summed E-state index contributed by atoms with van der Waals surface area (Å²) in [5.41, 5.74) is 6.46. The molecule has 0 unspecified atom stereocenters. The lowest BCUT2D eigenvalue weighted by molar-refractivity contribution is 0.599. The van der Waals surface area contributed by atoms with E-state index in [9.17, 15) is 8.42 Å². The van der Waals surface area contributed by atoms with Crippen LogP contribution in [0.25, 0.3) is 0 Å². The predicted octanol–water partition coefficient (Wildman–Crippen LogP) is 1.75. The molecule has 1 aromatic carbocycles. The summed E-state index contributed by atoms with van der Waals surface area (Å²) in [6, 6.07) is 7.17. The fraction of sp³-hybridized carbons (Fsp3) is 0.364. The summed E-state index contributed by atoms with van der Waals surface area (Å²) in [6.07, 6.45) is 1.22. The zero-order valence-corrected chi connectivity index (χ0v) is 11.5. The van der Waals surface area contributed by atoms with Gasteiger partial charge in [-0.3, -0.25) is 0 Å². The third-order valence-electron chi connectivity index (χ3n) is 3.01. The molecule has 1 aliphatic rings. The Morgan fingerprint density at radius 1 is 1.47 bits per heavy atom. The van der Waals surface area contributed by atoms with Crippen molar-refractivity contribution in [1.29, 1.82) is 0 Å². The molecule has 1 aliphatic carbocycles. The minimum atomic E-state index is -3.14. The Labute approximate surface area is 111 Å². The number of sulfone groups is 1. The van der Waals surface area contributed by atoms with Crippen LogP contribution >= 0.6 is 23.8 Å². The molecule has 92 valence electrons. The number of nitrogens with two attached hydrogens (primary N) is 1. The van der Waals surface area contributed by atoms with Crippen molar-refractivity contribution in [3.63, 3.8) is 0 Å². The molecule has 3 nitrogen and oxygen atoms in total. The maximum atomic E-state index is 11.6. The number of halogens is 1. The van der Waals surface area contributed by atoms with Crippen LogP contribution in [0, 0.1) is 5.92 Å². The molecule has 0 aliphatic heterocycles. The average molecular weight is 290 g/mol. The lowest BCUT2D eigenvalue weighted by atomic mass is 10.1. The summed E-state index contributed by atoms with van der Waals surface area (Å²) in [5, 5.41) is 0.0850. The smallest absolute Gasteiger partial charge is 0.151 e. The van der Waals surface area contributed by atoms with E-state index in [1.54, 1.807) is 18.2 Å². The van der Waals surface area contributed by atoms with Gasteiger partial charge in [0.1, 0.15) is 0 Å². The summed E-state index contributed by atoms with van der Waals surface area (Å²) in [6.45, 7) is 0. The standard InChI is InChI=1S/C11H12ClNO2S2/c1-17(14,15)10-8(9(10)11(13)16)6-3-2-4-7(12)5-6/h2-5,8-10H,1H3,(H2,13,16)/t8-,9+,10+/m1/s1. The maximum absolute atomic E-state index is 11.6. The van der Waals surface area contributed by atoms with Crippen LogP contribution in [0.15, 0.2) is 24.3 Å². The van der Waals surface area contributed by atoms with Crippen LogP contribution in [0.1, 0.15) is 11.5 Å². The second-order valence-electron chi connectivity index (χ2n) is 4.30. The Bertz CT molecular complexity index is 571. The molecule has 6 heteroatoms. The van der Waals surface area contributed by atoms with Crippen molar-refractivity contribution in [2.75, 3.05) is 6.26 Å². The number of hydrogen-bond acceptors (Lipinski definition) is 3.